The van der Waals surface area contributed by atoms with Crippen LogP contribution >= 0.6 is 0 Å². The van der Waals surface area contributed by atoms with Crippen molar-refractivity contribution in [3.63, 3.8) is 0 Å². The number of anilines is 3. The van der Waals surface area contributed by atoms with Gasteiger partial charge in [0.25, 0.3) is 0 Å². The zero-order valence-corrected chi connectivity index (χ0v) is 38.8. The Labute approximate surface area is 412 Å². The van der Waals surface area contributed by atoms with Crippen LogP contribution in [0.3, 0.4) is 0 Å². The summed E-state index contributed by atoms with van der Waals surface area (Å²) in [6.45, 7) is 0. The van der Waals surface area contributed by atoms with Gasteiger partial charge in [-0.25, -0.2) is 0 Å². The fourth-order valence-electron chi connectivity index (χ4n) is 12.7. The molecule has 330 valence electrons. The lowest BCUT2D eigenvalue weighted by Gasteiger charge is -2.39. The van der Waals surface area contributed by atoms with Gasteiger partial charge in [-0.1, -0.05) is 231 Å². The van der Waals surface area contributed by atoms with Gasteiger partial charge in [0.2, 0.25) is 0 Å². The first-order valence-electron chi connectivity index (χ1n) is 24.7. The van der Waals surface area contributed by atoms with Gasteiger partial charge < -0.3 is 9.47 Å². The van der Waals surface area contributed by atoms with Gasteiger partial charge in [-0.2, -0.15) is 0 Å². The monoisotopic (exact) mass is 900 g/mol. The zero-order chi connectivity index (χ0) is 46.6. The van der Waals surface area contributed by atoms with Crippen LogP contribution in [0, 0.1) is 0 Å². The summed E-state index contributed by atoms with van der Waals surface area (Å²) in [5.41, 5.74) is 21.6. The molecule has 1 spiro atoms. The molecule has 0 radical (unpaired) electrons. The highest BCUT2D eigenvalue weighted by atomic mass is 15.1. The predicted molar refractivity (Wildman–Crippen MR) is 298 cm³/mol. The molecule has 0 saturated heterocycles. The van der Waals surface area contributed by atoms with Crippen LogP contribution in [0.15, 0.2) is 267 Å². The van der Waals surface area contributed by atoms with Crippen LogP contribution in [0.2, 0.25) is 0 Å². The molecular weight excluding hydrogens is 857 g/mol. The van der Waals surface area contributed by atoms with Crippen molar-refractivity contribution < 1.29 is 0 Å². The Morgan fingerprint density at radius 1 is 0.282 bits per heavy atom. The van der Waals surface area contributed by atoms with Crippen LogP contribution in [-0.4, -0.2) is 4.57 Å². The molecule has 1 unspecified atom stereocenters. The van der Waals surface area contributed by atoms with Crippen molar-refractivity contribution in [3.05, 3.63) is 289 Å². The number of nitrogens with zero attached hydrogens (tertiary/aromatic N) is 2. The molecule has 15 rings (SSSR count). The van der Waals surface area contributed by atoms with Crippen LogP contribution in [0.25, 0.3) is 93.5 Å². The molecule has 1 aromatic heterocycles. The van der Waals surface area contributed by atoms with Gasteiger partial charge in [-0.3, -0.25) is 0 Å². The minimum Gasteiger partial charge on any atom is -0.309 e. The quantitative estimate of drug-likeness (QED) is 0.161. The summed E-state index contributed by atoms with van der Waals surface area (Å²) in [5, 5.41) is 7.35. The molecule has 2 aliphatic rings. The summed E-state index contributed by atoms with van der Waals surface area (Å²) in [4.78, 5) is 2.51. The molecule has 0 bridgehead atoms. The molecule has 2 nitrogen and oxygen atoms in total. The Bertz CT molecular complexity index is 4300. The largest absolute Gasteiger partial charge is 0.309 e. The third kappa shape index (κ3) is 5.59. The molecule has 1 aliphatic carbocycles. The second kappa shape index (κ2) is 15.4. The SMILES string of the molecule is c1ccc(-c2ccccc2-c2ccccc2N(c2cccc3ccccc23)c2ccc(-c3ccc4c(c3)C3(c5ccccc5-4)c4ccccc4-n4c5ccccc5c5cccc3c54)c3ccccc23)cc1. The number of hydrogen-bond donors (Lipinski definition) is 0. The minimum absolute atomic E-state index is 0.539. The highest BCUT2D eigenvalue weighted by molar-refractivity contribution is 6.14. The third-order valence-electron chi connectivity index (χ3n) is 15.6. The van der Waals surface area contributed by atoms with E-state index in [1.54, 1.807) is 0 Å². The van der Waals surface area contributed by atoms with Crippen molar-refractivity contribution in [2.75, 3.05) is 4.90 Å². The third-order valence-corrected chi connectivity index (χ3v) is 15.6. The maximum absolute atomic E-state index is 2.53. The van der Waals surface area contributed by atoms with E-state index in [1.807, 2.05) is 0 Å². The number of rotatable bonds is 6. The molecule has 71 heavy (non-hydrogen) atoms. The van der Waals surface area contributed by atoms with Crippen LogP contribution in [0.5, 0.6) is 0 Å². The average molecular weight is 901 g/mol. The number of fused-ring (bicyclic) bond motifs is 14. The standard InChI is InChI=1S/C69H44N2/c1-2-20-45(21-3-1)48-24-6-7-26-51(48)55-30-11-15-36-64(55)70(63-39-18-23-46-22-4-5-25-50(46)63)66-43-42-49(52-27-8-9-29-56(52)66)47-40-41-54-53-28-10-13-33-59(53)69(62(54)44-47)60-34-14-17-38-67(60)71-65-37-16-12-31-57(65)58-32-19-35-61(69)68(58)71/h1-44H. The Kier molecular flexibility index (Phi) is 8.61. The van der Waals surface area contributed by atoms with Crippen molar-refractivity contribution in [3.8, 4) is 50.2 Å². The molecule has 2 heterocycles. The molecule has 0 fully saturated rings. The van der Waals surface area contributed by atoms with E-state index in [0.29, 0.717) is 0 Å². The fourth-order valence-corrected chi connectivity index (χ4v) is 12.7. The summed E-state index contributed by atoms with van der Waals surface area (Å²) in [6, 6.07) is 99.2. The highest BCUT2D eigenvalue weighted by Crippen LogP contribution is 2.62. The van der Waals surface area contributed by atoms with Crippen molar-refractivity contribution >= 4 is 60.4 Å². The van der Waals surface area contributed by atoms with Crippen LogP contribution < -0.4 is 4.90 Å². The van der Waals surface area contributed by atoms with E-state index in [0.717, 1.165) is 17.1 Å². The second-order valence-electron chi connectivity index (χ2n) is 19.1. The van der Waals surface area contributed by atoms with E-state index < -0.39 is 5.41 Å². The maximum atomic E-state index is 2.53. The smallest absolute Gasteiger partial charge is 0.0754 e. The van der Waals surface area contributed by atoms with E-state index >= 15 is 0 Å². The Balaban J connectivity index is 0.975. The molecular formula is C69H44N2. The molecule has 0 N–H and O–H groups in total. The van der Waals surface area contributed by atoms with Crippen LogP contribution in [0.4, 0.5) is 17.1 Å². The predicted octanol–water partition coefficient (Wildman–Crippen LogP) is 18.2. The van der Waals surface area contributed by atoms with Gasteiger partial charge in [-0.15, -0.1) is 0 Å². The van der Waals surface area contributed by atoms with E-state index in [1.165, 1.54) is 116 Å². The van der Waals surface area contributed by atoms with Crippen LogP contribution in [0.1, 0.15) is 22.3 Å². The van der Waals surface area contributed by atoms with Crippen molar-refractivity contribution in [1.29, 1.82) is 0 Å². The van der Waals surface area contributed by atoms with Crippen molar-refractivity contribution in [2.24, 2.45) is 0 Å². The lowest BCUT2D eigenvalue weighted by Crippen LogP contribution is -2.33. The molecule has 2 heteroatoms. The number of benzene rings is 12. The first-order chi connectivity index (χ1) is 35.3. The van der Waals surface area contributed by atoms with E-state index in [9.17, 15) is 0 Å². The summed E-state index contributed by atoms with van der Waals surface area (Å²) >= 11 is 0. The van der Waals surface area contributed by atoms with Gasteiger partial charge >= 0.3 is 0 Å². The molecule has 13 aromatic rings. The normalized spacial score (nSPS) is 14.3. The molecule has 0 saturated carbocycles. The summed E-state index contributed by atoms with van der Waals surface area (Å²) in [6.07, 6.45) is 0. The number of hydrogen-bond acceptors (Lipinski definition) is 1. The van der Waals surface area contributed by atoms with E-state index in [2.05, 4.69) is 276 Å². The van der Waals surface area contributed by atoms with Gasteiger partial charge in [0.05, 0.1) is 39.2 Å². The summed E-state index contributed by atoms with van der Waals surface area (Å²) < 4.78 is 2.53. The van der Waals surface area contributed by atoms with E-state index in [-0.39, 0.29) is 0 Å². The molecule has 0 amide bonds. The summed E-state index contributed by atoms with van der Waals surface area (Å²) in [5.74, 6) is 0. The number of aromatic nitrogens is 1. The summed E-state index contributed by atoms with van der Waals surface area (Å²) in [7, 11) is 0. The highest BCUT2D eigenvalue weighted by Gasteiger charge is 2.51. The fraction of sp³-hybridized carbons (Fsp3) is 0.0145. The Morgan fingerprint density at radius 3 is 1.72 bits per heavy atom. The molecule has 1 atom stereocenters. The minimum atomic E-state index is -0.539. The Hall–Kier alpha value is -9.24. The van der Waals surface area contributed by atoms with Crippen molar-refractivity contribution in [2.45, 2.75) is 5.41 Å². The van der Waals surface area contributed by atoms with Gasteiger partial charge in [0.1, 0.15) is 0 Å². The molecule has 12 aromatic carbocycles. The van der Waals surface area contributed by atoms with Gasteiger partial charge in [0, 0.05) is 27.1 Å². The van der Waals surface area contributed by atoms with Crippen LogP contribution in [-0.2, 0) is 5.41 Å². The Morgan fingerprint density at radius 2 is 0.845 bits per heavy atom. The topological polar surface area (TPSA) is 8.17 Å². The number of para-hydroxylation sites is 4. The maximum Gasteiger partial charge on any atom is 0.0754 e. The molecule has 1 aliphatic heterocycles. The van der Waals surface area contributed by atoms with Gasteiger partial charge in [0.15, 0.2) is 0 Å². The lowest BCUT2D eigenvalue weighted by atomic mass is 9.65. The van der Waals surface area contributed by atoms with E-state index in [4.69, 9.17) is 0 Å². The second-order valence-corrected chi connectivity index (χ2v) is 19.1. The van der Waals surface area contributed by atoms with Crippen molar-refractivity contribution in [1.82, 2.24) is 4.57 Å². The lowest BCUT2D eigenvalue weighted by molar-refractivity contribution is 0.749. The first kappa shape index (κ1) is 39.7. The first-order valence-corrected chi connectivity index (χ1v) is 24.7. The average Bonchev–Trinajstić information content (AvgIpc) is 3.95. The zero-order valence-electron chi connectivity index (χ0n) is 38.8. The van der Waals surface area contributed by atoms with Gasteiger partial charge in [-0.05, 0) is 108 Å².